The van der Waals surface area contributed by atoms with Crippen LogP contribution >= 0.6 is 11.3 Å². The van der Waals surface area contributed by atoms with Crippen LogP contribution in [0.15, 0.2) is 34.2 Å². The van der Waals surface area contributed by atoms with Crippen molar-refractivity contribution in [1.29, 1.82) is 0 Å². The van der Waals surface area contributed by atoms with Crippen molar-refractivity contribution in [3.63, 3.8) is 0 Å². The zero-order valence-electron chi connectivity index (χ0n) is 13.6. The standard InChI is InChI=1S/C18H18N2O3S/c1-11-8-15(12(2)20(11)14-5-6-14)18(21)22-10-13-9-16(23-19-13)17-4-3-7-24-17/h3-4,7-9,14H,5-6,10H2,1-2H3. The Morgan fingerprint density at radius 1 is 1.42 bits per heavy atom. The molecule has 124 valence electrons. The average molecular weight is 342 g/mol. The van der Waals surface area contributed by atoms with Gasteiger partial charge in [0.25, 0.3) is 0 Å². The van der Waals surface area contributed by atoms with Crippen molar-refractivity contribution in [3.05, 3.63) is 52.3 Å². The molecule has 6 heteroatoms. The Kier molecular flexibility index (Phi) is 3.76. The molecule has 0 amide bonds. The highest BCUT2D eigenvalue weighted by Gasteiger charge is 2.28. The van der Waals surface area contributed by atoms with E-state index in [0.717, 1.165) is 16.3 Å². The van der Waals surface area contributed by atoms with Crippen LogP contribution < -0.4 is 0 Å². The number of esters is 1. The van der Waals surface area contributed by atoms with Crippen LogP contribution in [-0.4, -0.2) is 15.7 Å². The molecule has 1 aliphatic carbocycles. The first-order valence-corrected chi connectivity index (χ1v) is 8.86. The number of hydrogen-bond donors (Lipinski definition) is 0. The van der Waals surface area contributed by atoms with E-state index in [4.69, 9.17) is 9.26 Å². The molecule has 0 N–H and O–H groups in total. The molecule has 0 aromatic carbocycles. The molecule has 1 fully saturated rings. The molecule has 0 saturated heterocycles. The molecule has 3 aromatic heterocycles. The lowest BCUT2D eigenvalue weighted by molar-refractivity contribution is 0.0463. The summed E-state index contributed by atoms with van der Waals surface area (Å²) in [5, 5.41) is 5.95. The molecule has 3 heterocycles. The number of rotatable bonds is 5. The van der Waals surface area contributed by atoms with Crippen molar-refractivity contribution in [1.82, 2.24) is 9.72 Å². The average Bonchev–Trinajstić information content (AvgIpc) is 3.01. The molecule has 3 aromatic rings. The van der Waals surface area contributed by atoms with E-state index in [9.17, 15) is 4.79 Å². The Morgan fingerprint density at radius 3 is 2.96 bits per heavy atom. The van der Waals surface area contributed by atoms with E-state index in [0.29, 0.717) is 23.1 Å². The maximum atomic E-state index is 12.4. The van der Waals surface area contributed by atoms with Gasteiger partial charge in [0.1, 0.15) is 12.3 Å². The summed E-state index contributed by atoms with van der Waals surface area (Å²) in [4.78, 5) is 13.4. The van der Waals surface area contributed by atoms with Gasteiger partial charge < -0.3 is 13.8 Å². The van der Waals surface area contributed by atoms with Crippen LogP contribution in [0.3, 0.4) is 0 Å². The minimum Gasteiger partial charge on any atom is -0.455 e. The molecular formula is C18H18N2O3S. The van der Waals surface area contributed by atoms with Gasteiger partial charge in [-0.2, -0.15) is 0 Å². The van der Waals surface area contributed by atoms with Gasteiger partial charge in [0.05, 0.1) is 10.4 Å². The Morgan fingerprint density at radius 2 is 2.25 bits per heavy atom. The molecule has 1 aliphatic rings. The zero-order chi connectivity index (χ0) is 16.7. The fourth-order valence-electron chi connectivity index (χ4n) is 3.01. The minimum atomic E-state index is -0.310. The lowest BCUT2D eigenvalue weighted by atomic mass is 10.2. The van der Waals surface area contributed by atoms with Crippen LogP contribution in [0.2, 0.25) is 0 Å². The Labute approximate surface area is 143 Å². The van der Waals surface area contributed by atoms with E-state index in [2.05, 4.69) is 9.72 Å². The number of ether oxygens (including phenoxy) is 1. The van der Waals surface area contributed by atoms with Crippen molar-refractivity contribution < 1.29 is 14.1 Å². The third-order valence-corrected chi connectivity index (χ3v) is 5.17. The maximum absolute atomic E-state index is 12.4. The number of nitrogens with zero attached hydrogens (tertiary/aromatic N) is 2. The largest absolute Gasteiger partial charge is 0.455 e. The topological polar surface area (TPSA) is 57.3 Å². The monoisotopic (exact) mass is 342 g/mol. The van der Waals surface area contributed by atoms with Crippen LogP contribution in [0, 0.1) is 13.8 Å². The second-order valence-electron chi connectivity index (χ2n) is 6.12. The minimum absolute atomic E-state index is 0.112. The van der Waals surface area contributed by atoms with E-state index in [1.165, 1.54) is 12.8 Å². The van der Waals surface area contributed by atoms with Crippen molar-refractivity contribution >= 4 is 17.3 Å². The van der Waals surface area contributed by atoms with E-state index >= 15 is 0 Å². The van der Waals surface area contributed by atoms with Crippen LogP contribution in [0.4, 0.5) is 0 Å². The van der Waals surface area contributed by atoms with E-state index in [1.54, 1.807) is 11.3 Å². The van der Waals surface area contributed by atoms with Gasteiger partial charge in [-0.15, -0.1) is 11.3 Å². The summed E-state index contributed by atoms with van der Waals surface area (Å²) in [5.41, 5.74) is 3.35. The van der Waals surface area contributed by atoms with Gasteiger partial charge in [-0.25, -0.2) is 4.79 Å². The highest BCUT2D eigenvalue weighted by molar-refractivity contribution is 7.13. The molecule has 1 saturated carbocycles. The van der Waals surface area contributed by atoms with Gasteiger partial charge in [0, 0.05) is 23.5 Å². The third-order valence-electron chi connectivity index (χ3n) is 4.29. The first-order chi connectivity index (χ1) is 11.6. The number of thiophene rings is 1. The fraction of sp³-hybridized carbons (Fsp3) is 0.333. The van der Waals surface area contributed by atoms with Crippen LogP contribution in [0.25, 0.3) is 10.6 Å². The number of carbonyl (C=O) groups excluding carboxylic acids is 1. The summed E-state index contributed by atoms with van der Waals surface area (Å²) in [6.45, 7) is 4.13. The van der Waals surface area contributed by atoms with Crippen LogP contribution in [-0.2, 0) is 11.3 Å². The SMILES string of the molecule is Cc1cc(C(=O)OCc2cc(-c3cccs3)on2)c(C)n1C1CC1. The molecule has 0 atom stereocenters. The predicted octanol–water partition coefficient (Wildman–Crippen LogP) is 4.51. The third kappa shape index (κ3) is 2.78. The van der Waals surface area contributed by atoms with E-state index in [-0.39, 0.29) is 12.6 Å². The van der Waals surface area contributed by atoms with Crippen LogP contribution in [0.5, 0.6) is 0 Å². The summed E-state index contributed by atoms with van der Waals surface area (Å²) in [6, 6.07) is 8.20. The van der Waals surface area contributed by atoms with Gasteiger partial charge >= 0.3 is 5.97 Å². The molecule has 4 rings (SSSR count). The molecule has 0 unspecified atom stereocenters. The van der Waals surface area contributed by atoms with Gasteiger partial charge in [-0.1, -0.05) is 11.2 Å². The summed E-state index contributed by atoms with van der Waals surface area (Å²) >= 11 is 1.58. The number of aromatic nitrogens is 2. The smallest absolute Gasteiger partial charge is 0.340 e. The van der Waals surface area contributed by atoms with Crippen LogP contribution in [0.1, 0.15) is 46.3 Å². The lowest BCUT2D eigenvalue weighted by Crippen LogP contribution is -2.07. The highest BCUT2D eigenvalue weighted by Crippen LogP contribution is 2.38. The zero-order valence-corrected chi connectivity index (χ0v) is 14.4. The lowest BCUT2D eigenvalue weighted by Gasteiger charge is -2.07. The normalized spacial score (nSPS) is 14.1. The Bertz CT molecular complexity index is 872. The maximum Gasteiger partial charge on any atom is 0.340 e. The van der Waals surface area contributed by atoms with Crippen molar-refractivity contribution in [2.75, 3.05) is 0 Å². The van der Waals surface area contributed by atoms with Crippen molar-refractivity contribution in [3.8, 4) is 10.6 Å². The summed E-state index contributed by atoms with van der Waals surface area (Å²) in [7, 11) is 0. The molecule has 5 nitrogen and oxygen atoms in total. The Hall–Kier alpha value is -2.34. The molecular weight excluding hydrogens is 324 g/mol. The predicted molar refractivity (Wildman–Crippen MR) is 91.1 cm³/mol. The second-order valence-corrected chi connectivity index (χ2v) is 7.07. The highest BCUT2D eigenvalue weighted by atomic mass is 32.1. The summed E-state index contributed by atoms with van der Waals surface area (Å²) < 4.78 is 13.0. The molecule has 0 aliphatic heterocycles. The van der Waals surface area contributed by atoms with Gasteiger partial charge in [0.15, 0.2) is 5.76 Å². The number of carbonyl (C=O) groups is 1. The first-order valence-electron chi connectivity index (χ1n) is 7.98. The molecule has 0 spiro atoms. The second kappa shape index (κ2) is 5.94. The first kappa shape index (κ1) is 15.2. The molecule has 24 heavy (non-hydrogen) atoms. The van der Waals surface area contributed by atoms with E-state index < -0.39 is 0 Å². The number of hydrogen-bond acceptors (Lipinski definition) is 5. The van der Waals surface area contributed by atoms with Crippen molar-refractivity contribution in [2.45, 2.75) is 39.3 Å². The number of aryl methyl sites for hydroxylation is 1. The molecule has 0 radical (unpaired) electrons. The quantitative estimate of drug-likeness (QED) is 0.640. The van der Waals surface area contributed by atoms with Gasteiger partial charge in [-0.3, -0.25) is 0 Å². The van der Waals surface area contributed by atoms with E-state index in [1.807, 2.05) is 43.5 Å². The molecule has 0 bridgehead atoms. The summed E-state index contributed by atoms with van der Waals surface area (Å²) in [5.74, 6) is 0.388. The fourth-order valence-corrected chi connectivity index (χ4v) is 3.68. The Balaban J connectivity index is 1.44. The van der Waals surface area contributed by atoms with Gasteiger partial charge in [-0.05, 0) is 44.2 Å². The van der Waals surface area contributed by atoms with Crippen molar-refractivity contribution in [2.24, 2.45) is 0 Å². The van der Waals surface area contributed by atoms with Gasteiger partial charge in [0.2, 0.25) is 0 Å². The summed E-state index contributed by atoms with van der Waals surface area (Å²) in [6.07, 6.45) is 2.38.